The highest BCUT2D eigenvalue weighted by atomic mass is 35.5. The maximum absolute atomic E-state index is 12.4. The molecule has 0 bridgehead atoms. The fourth-order valence-electron chi connectivity index (χ4n) is 3.49. The van der Waals surface area contributed by atoms with E-state index in [1.807, 2.05) is 32.9 Å². The Hall–Kier alpha value is -1.43. The number of halogens is 2. The van der Waals surface area contributed by atoms with Crippen LogP contribution in [0, 0.1) is 0 Å². The second-order valence-electron chi connectivity index (χ2n) is 7.55. The number of ether oxygens (including phenoxy) is 1. The van der Waals surface area contributed by atoms with Crippen LogP contribution in [0.15, 0.2) is 12.1 Å². The number of hydrogen-bond donors (Lipinski definition) is 1. The molecule has 0 fully saturated rings. The molecule has 5 nitrogen and oxygen atoms in total. The minimum atomic E-state index is -0.515. The zero-order chi connectivity index (χ0) is 19.1. The molecule has 3 rings (SSSR count). The molecule has 0 radical (unpaired) electrons. The third-order valence-corrected chi connectivity index (χ3v) is 5.28. The van der Waals surface area contributed by atoms with Gasteiger partial charge in [0, 0.05) is 37.1 Å². The van der Waals surface area contributed by atoms with Crippen molar-refractivity contribution in [3.63, 3.8) is 0 Å². The van der Waals surface area contributed by atoms with Gasteiger partial charge in [-0.05, 0) is 44.9 Å². The van der Waals surface area contributed by atoms with Crippen molar-refractivity contribution in [2.75, 3.05) is 19.7 Å². The molecule has 1 aromatic carbocycles. The first-order valence-corrected chi connectivity index (χ1v) is 9.54. The summed E-state index contributed by atoms with van der Waals surface area (Å²) < 4.78 is 7.60. The van der Waals surface area contributed by atoms with Crippen molar-refractivity contribution < 1.29 is 14.6 Å². The molecular formula is C19H24Cl2N2O3. The van der Waals surface area contributed by atoms with Crippen molar-refractivity contribution in [1.29, 1.82) is 0 Å². The zero-order valence-corrected chi connectivity index (χ0v) is 16.8. The number of amides is 1. The molecule has 0 spiro atoms. The zero-order valence-electron chi connectivity index (χ0n) is 15.3. The van der Waals surface area contributed by atoms with Crippen molar-refractivity contribution in [1.82, 2.24) is 9.47 Å². The van der Waals surface area contributed by atoms with Crippen LogP contribution in [-0.4, -0.2) is 46.0 Å². The Bertz CT molecular complexity index is 840. The van der Waals surface area contributed by atoms with Gasteiger partial charge in [0.25, 0.3) is 0 Å². The Labute approximate surface area is 163 Å². The lowest BCUT2D eigenvalue weighted by Gasteiger charge is -2.26. The molecule has 7 heteroatoms. The quantitative estimate of drug-likeness (QED) is 0.821. The van der Waals surface area contributed by atoms with E-state index in [9.17, 15) is 9.90 Å². The Morgan fingerprint density at radius 2 is 1.85 bits per heavy atom. The van der Waals surface area contributed by atoms with Crippen LogP contribution in [0.1, 0.15) is 32.0 Å². The summed E-state index contributed by atoms with van der Waals surface area (Å²) >= 11 is 12.4. The highest BCUT2D eigenvalue weighted by Crippen LogP contribution is 2.35. The van der Waals surface area contributed by atoms with Gasteiger partial charge in [0.1, 0.15) is 5.60 Å². The predicted octanol–water partition coefficient (Wildman–Crippen LogP) is 4.28. The van der Waals surface area contributed by atoms with Crippen LogP contribution in [0.5, 0.6) is 0 Å². The van der Waals surface area contributed by atoms with Gasteiger partial charge >= 0.3 is 6.09 Å². The van der Waals surface area contributed by atoms with Crippen LogP contribution < -0.4 is 0 Å². The van der Waals surface area contributed by atoms with Gasteiger partial charge in [-0.1, -0.05) is 23.2 Å². The molecule has 2 heterocycles. The first kappa shape index (κ1) is 19.3. The van der Waals surface area contributed by atoms with Gasteiger partial charge in [-0.15, -0.1) is 0 Å². The number of hydrogen-bond acceptors (Lipinski definition) is 3. The first-order valence-electron chi connectivity index (χ1n) is 8.79. The molecule has 1 aliphatic heterocycles. The molecule has 26 heavy (non-hydrogen) atoms. The second kappa shape index (κ2) is 7.29. The highest BCUT2D eigenvalue weighted by molar-refractivity contribution is 6.42. The molecule has 1 aliphatic rings. The fourth-order valence-corrected chi connectivity index (χ4v) is 3.82. The Morgan fingerprint density at radius 3 is 2.50 bits per heavy atom. The summed E-state index contributed by atoms with van der Waals surface area (Å²) in [6, 6.07) is 3.74. The standard InChI is InChI=1S/C19H24Cl2N2O3/c1-19(2,3)26-18(25)22-6-4-12-13-10-14(20)15(21)11-17(13)23(8-9-24)16(12)5-7-22/h10-11,24H,4-9H2,1-3H3. The molecule has 1 N–H and O–H groups in total. The van der Waals surface area contributed by atoms with Gasteiger partial charge in [-0.3, -0.25) is 0 Å². The molecule has 1 amide bonds. The Morgan fingerprint density at radius 1 is 1.19 bits per heavy atom. The van der Waals surface area contributed by atoms with Gasteiger partial charge < -0.3 is 19.3 Å². The highest BCUT2D eigenvalue weighted by Gasteiger charge is 2.27. The SMILES string of the molecule is CC(C)(C)OC(=O)N1CCc2c(n(CCO)c3cc(Cl)c(Cl)cc23)CC1. The van der Waals surface area contributed by atoms with E-state index in [0.29, 0.717) is 42.5 Å². The van der Waals surface area contributed by atoms with Crippen LogP contribution in [0.2, 0.25) is 10.0 Å². The fraction of sp³-hybridized carbons (Fsp3) is 0.526. The third-order valence-electron chi connectivity index (χ3n) is 4.55. The first-order chi connectivity index (χ1) is 12.2. The summed E-state index contributed by atoms with van der Waals surface area (Å²) in [7, 11) is 0. The molecule has 2 aromatic rings. The normalized spacial score (nSPS) is 15.1. The number of rotatable bonds is 2. The number of benzene rings is 1. The van der Waals surface area contributed by atoms with Gasteiger partial charge in [0.2, 0.25) is 0 Å². The number of aliphatic hydroxyl groups excluding tert-OH is 1. The topological polar surface area (TPSA) is 54.7 Å². The van der Waals surface area contributed by atoms with Crippen LogP contribution >= 0.6 is 23.2 Å². The molecule has 0 saturated heterocycles. The number of fused-ring (bicyclic) bond motifs is 3. The van der Waals surface area contributed by atoms with Gasteiger partial charge in [0.05, 0.1) is 22.2 Å². The molecule has 0 atom stereocenters. The van der Waals surface area contributed by atoms with Gasteiger partial charge in [-0.2, -0.15) is 0 Å². The van der Waals surface area contributed by atoms with E-state index in [4.69, 9.17) is 27.9 Å². The van der Waals surface area contributed by atoms with Crippen molar-refractivity contribution in [3.05, 3.63) is 33.4 Å². The van der Waals surface area contributed by atoms with E-state index < -0.39 is 5.60 Å². The largest absolute Gasteiger partial charge is 0.444 e. The monoisotopic (exact) mass is 398 g/mol. The summed E-state index contributed by atoms with van der Waals surface area (Å²) in [5.41, 5.74) is 2.75. The third kappa shape index (κ3) is 3.80. The average Bonchev–Trinajstić information content (AvgIpc) is 2.70. The summed E-state index contributed by atoms with van der Waals surface area (Å²) in [5, 5.41) is 11.5. The molecule has 142 valence electrons. The second-order valence-corrected chi connectivity index (χ2v) is 8.37. The average molecular weight is 399 g/mol. The van der Waals surface area contributed by atoms with Gasteiger partial charge in [-0.25, -0.2) is 4.79 Å². The number of carbonyl (C=O) groups is 1. The van der Waals surface area contributed by atoms with E-state index in [2.05, 4.69) is 4.57 Å². The number of aromatic nitrogens is 1. The maximum atomic E-state index is 12.4. The van der Waals surface area contributed by atoms with Crippen LogP contribution in [0.25, 0.3) is 10.9 Å². The van der Waals surface area contributed by atoms with Crippen molar-refractivity contribution >= 4 is 40.2 Å². The maximum Gasteiger partial charge on any atom is 0.410 e. The molecule has 0 saturated carbocycles. The Kier molecular flexibility index (Phi) is 5.42. The van der Waals surface area contributed by atoms with Crippen molar-refractivity contribution in [2.24, 2.45) is 0 Å². The lowest BCUT2D eigenvalue weighted by Crippen LogP contribution is -2.38. The lowest BCUT2D eigenvalue weighted by molar-refractivity contribution is 0.0258. The predicted molar refractivity (Wildman–Crippen MR) is 104 cm³/mol. The van der Waals surface area contributed by atoms with Crippen molar-refractivity contribution in [3.8, 4) is 0 Å². The van der Waals surface area contributed by atoms with E-state index in [1.165, 1.54) is 0 Å². The van der Waals surface area contributed by atoms with E-state index in [1.54, 1.807) is 4.90 Å². The minimum Gasteiger partial charge on any atom is -0.444 e. The molecule has 1 aromatic heterocycles. The van der Waals surface area contributed by atoms with Crippen LogP contribution in [0.4, 0.5) is 4.79 Å². The summed E-state index contributed by atoms with van der Waals surface area (Å²) in [6.45, 7) is 7.28. The van der Waals surface area contributed by atoms with Crippen LogP contribution in [-0.2, 0) is 24.1 Å². The summed E-state index contributed by atoms with van der Waals surface area (Å²) in [6.07, 6.45) is 1.11. The van der Waals surface area contributed by atoms with Crippen LogP contribution in [0.3, 0.4) is 0 Å². The molecular weight excluding hydrogens is 375 g/mol. The van der Waals surface area contributed by atoms with Gasteiger partial charge in [0.15, 0.2) is 0 Å². The van der Waals surface area contributed by atoms with E-state index in [-0.39, 0.29) is 12.7 Å². The number of aliphatic hydroxyl groups is 1. The summed E-state index contributed by atoms with van der Waals surface area (Å²) in [4.78, 5) is 14.2. The molecule has 0 aliphatic carbocycles. The molecule has 0 unspecified atom stereocenters. The van der Waals surface area contributed by atoms with Crippen molar-refractivity contribution in [2.45, 2.75) is 45.8 Å². The van der Waals surface area contributed by atoms with E-state index in [0.717, 1.165) is 22.2 Å². The number of carbonyl (C=O) groups excluding carboxylic acids is 1. The van der Waals surface area contributed by atoms with E-state index >= 15 is 0 Å². The lowest BCUT2D eigenvalue weighted by atomic mass is 10.1. The smallest absolute Gasteiger partial charge is 0.410 e. The minimum absolute atomic E-state index is 0.0340. The summed E-state index contributed by atoms with van der Waals surface area (Å²) in [5.74, 6) is 0. The number of nitrogens with zero attached hydrogens (tertiary/aromatic N) is 2. The Balaban J connectivity index is 1.96.